The lowest BCUT2D eigenvalue weighted by Gasteiger charge is -2.06. The summed E-state index contributed by atoms with van der Waals surface area (Å²) >= 11 is 8.78. The molecule has 0 aliphatic heterocycles. The zero-order valence-corrected chi connectivity index (χ0v) is 16.2. The van der Waals surface area contributed by atoms with Crippen molar-refractivity contribution in [1.29, 1.82) is 0 Å². The van der Waals surface area contributed by atoms with Crippen LogP contribution in [0.5, 0.6) is 0 Å². The van der Waals surface area contributed by atoms with Crippen molar-refractivity contribution >= 4 is 41.0 Å². The van der Waals surface area contributed by atoms with Gasteiger partial charge in [0.15, 0.2) is 5.15 Å². The highest BCUT2D eigenvalue weighted by Gasteiger charge is 2.06. The summed E-state index contributed by atoms with van der Waals surface area (Å²) in [4.78, 5) is 23.3. The number of pyridine rings is 1. The molecule has 10 heteroatoms. The van der Waals surface area contributed by atoms with E-state index >= 15 is 0 Å². The number of nitrogens with zero attached hydrogens (tertiary/aromatic N) is 4. The lowest BCUT2D eigenvalue weighted by Crippen LogP contribution is -2.17. The van der Waals surface area contributed by atoms with Crippen molar-refractivity contribution in [2.45, 2.75) is 18.6 Å². The van der Waals surface area contributed by atoms with E-state index in [1.807, 2.05) is 12.1 Å². The lowest BCUT2D eigenvalue weighted by atomic mass is 10.1. The van der Waals surface area contributed by atoms with Gasteiger partial charge in [-0.1, -0.05) is 17.7 Å². The third-order valence-corrected chi connectivity index (χ3v) is 5.52. The molecule has 3 aromatic rings. The van der Waals surface area contributed by atoms with Gasteiger partial charge in [-0.25, -0.2) is 4.98 Å². The molecule has 0 unspecified atom stereocenters. The number of hydrogen-bond acceptors (Lipinski definition) is 8. The van der Waals surface area contributed by atoms with Gasteiger partial charge in [-0.05, 0) is 23.8 Å². The predicted octanol–water partition coefficient (Wildman–Crippen LogP) is 3.00. The Morgan fingerprint density at radius 1 is 1.31 bits per heavy atom. The molecule has 7 nitrogen and oxygen atoms in total. The SMILES string of the molecule is O=c1[nH]c(NCCCSCc2nsnc2Cl)ncc1Cc1cccnc1. The Kier molecular flexibility index (Phi) is 6.98. The summed E-state index contributed by atoms with van der Waals surface area (Å²) in [6.07, 6.45) is 6.51. The van der Waals surface area contributed by atoms with Gasteiger partial charge in [0.2, 0.25) is 5.95 Å². The Balaban J connectivity index is 1.40. The molecule has 0 aliphatic carbocycles. The van der Waals surface area contributed by atoms with E-state index in [-0.39, 0.29) is 5.56 Å². The maximum atomic E-state index is 12.2. The molecule has 3 aromatic heterocycles. The van der Waals surface area contributed by atoms with Crippen molar-refractivity contribution in [3.8, 4) is 0 Å². The molecule has 0 bridgehead atoms. The largest absolute Gasteiger partial charge is 0.356 e. The molecule has 3 heterocycles. The van der Waals surface area contributed by atoms with E-state index in [1.165, 1.54) is 0 Å². The Morgan fingerprint density at radius 3 is 2.96 bits per heavy atom. The number of H-pyrrole nitrogens is 1. The van der Waals surface area contributed by atoms with Crippen LogP contribution in [0.15, 0.2) is 35.5 Å². The first kappa shape index (κ1) is 18.8. The Morgan fingerprint density at radius 2 is 2.23 bits per heavy atom. The number of rotatable bonds is 9. The monoisotopic (exact) mass is 408 g/mol. The van der Waals surface area contributed by atoms with E-state index in [9.17, 15) is 4.79 Å². The van der Waals surface area contributed by atoms with Crippen LogP contribution in [0.3, 0.4) is 0 Å². The van der Waals surface area contributed by atoms with Gasteiger partial charge in [0.1, 0.15) is 5.69 Å². The van der Waals surface area contributed by atoms with Crippen molar-refractivity contribution in [3.63, 3.8) is 0 Å². The predicted molar refractivity (Wildman–Crippen MR) is 106 cm³/mol. The number of aromatic nitrogens is 5. The number of aromatic amines is 1. The molecule has 3 rings (SSSR count). The van der Waals surface area contributed by atoms with E-state index in [0.29, 0.717) is 23.1 Å². The van der Waals surface area contributed by atoms with Gasteiger partial charge in [-0.15, -0.1) is 0 Å². The quantitative estimate of drug-likeness (QED) is 0.525. The van der Waals surface area contributed by atoms with Crippen LogP contribution in [0.25, 0.3) is 0 Å². The maximum Gasteiger partial charge on any atom is 0.255 e. The molecule has 0 saturated carbocycles. The standard InChI is InChI=1S/C16H17ClN6OS2/c17-14-13(22-26-23-14)10-25-6-2-5-19-16-20-9-12(15(24)21-16)7-11-3-1-4-18-8-11/h1,3-4,8-9H,2,5-7,10H2,(H2,19,20,21,24). The minimum absolute atomic E-state index is 0.133. The molecule has 0 saturated heterocycles. The van der Waals surface area contributed by atoms with E-state index in [4.69, 9.17) is 11.6 Å². The van der Waals surface area contributed by atoms with Gasteiger partial charge in [0.25, 0.3) is 5.56 Å². The van der Waals surface area contributed by atoms with Crippen molar-refractivity contribution in [2.24, 2.45) is 0 Å². The summed E-state index contributed by atoms with van der Waals surface area (Å²) in [5, 5.41) is 3.63. The molecule has 0 radical (unpaired) electrons. The van der Waals surface area contributed by atoms with Gasteiger partial charge < -0.3 is 5.32 Å². The molecule has 0 amide bonds. The molecule has 0 spiro atoms. The van der Waals surface area contributed by atoms with Gasteiger partial charge >= 0.3 is 0 Å². The number of halogens is 1. The summed E-state index contributed by atoms with van der Waals surface area (Å²) in [7, 11) is 0. The van der Waals surface area contributed by atoms with Crippen molar-refractivity contribution in [3.05, 3.63) is 63.1 Å². The second-order valence-electron chi connectivity index (χ2n) is 5.46. The summed E-state index contributed by atoms with van der Waals surface area (Å²) in [6.45, 7) is 0.723. The Labute approximate surface area is 164 Å². The first-order valence-electron chi connectivity index (χ1n) is 7.98. The van der Waals surface area contributed by atoms with E-state index in [1.54, 1.807) is 30.4 Å². The van der Waals surface area contributed by atoms with Crippen LogP contribution in [0.1, 0.15) is 23.2 Å². The highest BCUT2D eigenvalue weighted by atomic mass is 35.5. The fourth-order valence-corrected chi connectivity index (χ4v) is 3.96. The third kappa shape index (κ3) is 5.52. The van der Waals surface area contributed by atoms with Crippen LogP contribution in [-0.4, -0.2) is 36.0 Å². The smallest absolute Gasteiger partial charge is 0.255 e. The maximum absolute atomic E-state index is 12.2. The fourth-order valence-electron chi connectivity index (χ4n) is 2.19. The first-order chi connectivity index (χ1) is 12.7. The number of nitrogens with one attached hydrogen (secondary N) is 2. The highest BCUT2D eigenvalue weighted by molar-refractivity contribution is 7.98. The molecule has 26 heavy (non-hydrogen) atoms. The molecule has 0 fully saturated rings. The molecular formula is C16H17ClN6OS2. The topological polar surface area (TPSA) is 96.5 Å². The molecule has 136 valence electrons. The first-order valence-corrected chi connectivity index (χ1v) is 10.2. The Hall–Kier alpha value is -1.97. The molecular weight excluding hydrogens is 392 g/mol. The zero-order chi connectivity index (χ0) is 18.2. The minimum atomic E-state index is -0.133. The van der Waals surface area contributed by atoms with E-state index in [0.717, 1.165) is 47.5 Å². The molecule has 0 atom stereocenters. The summed E-state index contributed by atoms with van der Waals surface area (Å²) in [5.74, 6) is 2.19. The van der Waals surface area contributed by atoms with Crippen LogP contribution in [0.4, 0.5) is 5.95 Å². The summed E-state index contributed by atoms with van der Waals surface area (Å²) in [5.41, 5.74) is 2.30. The average Bonchev–Trinajstić information content (AvgIpc) is 3.06. The lowest BCUT2D eigenvalue weighted by molar-refractivity contribution is 0.942. The van der Waals surface area contributed by atoms with Crippen LogP contribution >= 0.6 is 35.1 Å². The zero-order valence-electron chi connectivity index (χ0n) is 13.8. The van der Waals surface area contributed by atoms with Gasteiger partial charge in [-0.2, -0.15) is 20.5 Å². The van der Waals surface area contributed by atoms with Crippen molar-refractivity contribution in [1.82, 2.24) is 23.7 Å². The minimum Gasteiger partial charge on any atom is -0.356 e. The van der Waals surface area contributed by atoms with Crippen LogP contribution in [-0.2, 0) is 12.2 Å². The van der Waals surface area contributed by atoms with Crippen LogP contribution < -0.4 is 10.9 Å². The number of anilines is 1. The van der Waals surface area contributed by atoms with Gasteiger partial charge in [-0.3, -0.25) is 14.8 Å². The van der Waals surface area contributed by atoms with Crippen LogP contribution in [0, 0.1) is 0 Å². The van der Waals surface area contributed by atoms with Gasteiger partial charge in [0.05, 0.1) is 11.7 Å². The molecule has 0 aliphatic rings. The number of thioether (sulfide) groups is 1. The van der Waals surface area contributed by atoms with E-state index < -0.39 is 0 Å². The van der Waals surface area contributed by atoms with Gasteiger partial charge in [0, 0.05) is 42.9 Å². The number of hydrogen-bond donors (Lipinski definition) is 2. The van der Waals surface area contributed by atoms with Crippen LogP contribution in [0.2, 0.25) is 5.15 Å². The molecule has 2 N–H and O–H groups in total. The third-order valence-electron chi connectivity index (χ3n) is 3.50. The Bertz CT molecular complexity index is 886. The second-order valence-corrected chi connectivity index (χ2v) is 7.45. The van der Waals surface area contributed by atoms with Crippen molar-refractivity contribution < 1.29 is 0 Å². The summed E-state index contributed by atoms with van der Waals surface area (Å²) < 4.78 is 8.08. The van der Waals surface area contributed by atoms with Crippen molar-refractivity contribution in [2.75, 3.05) is 17.6 Å². The summed E-state index contributed by atoms with van der Waals surface area (Å²) in [6, 6.07) is 3.79. The highest BCUT2D eigenvalue weighted by Crippen LogP contribution is 2.19. The van der Waals surface area contributed by atoms with E-state index in [2.05, 4.69) is 29.0 Å². The second kappa shape index (κ2) is 9.65. The molecule has 0 aromatic carbocycles. The normalized spacial score (nSPS) is 10.8. The fraction of sp³-hybridized carbons (Fsp3) is 0.312. The average molecular weight is 409 g/mol.